The molecule has 0 saturated heterocycles. The molecule has 0 bridgehead atoms. The number of benzene rings is 1. The van der Waals surface area contributed by atoms with E-state index in [0.29, 0.717) is 31.1 Å². The first-order valence-electron chi connectivity index (χ1n) is 8.85. The number of rotatable bonds is 7. The Bertz CT molecular complexity index is 792. The lowest BCUT2D eigenvalue weighted by Crippen LogP contribution is -2.28. The molecule has 0 spiro atoms. The summed E-state index contributed by atoms with van der Waals surface area (Å²) in [6, 6.07) is 8.60. The molecule has 1 aliphatic heterocycles. The number of nitrogens with zero attached hydrogens (tertiary/aromatic N) is 2. The molecule has 1 atom stereocenters. The zero-order valence-electron chi connectivity index (χ0n) is 15.4. The number of hydrogen-bond acceptors (Lipinski definition) is 4. The average molecular weight is 357 g/mol. The molecule has 138 valence electrons. The van der Waals surface area contributed by atoms with Crippen molar-refractivity contribution in [3.8, 4) is 5.88 Å². The summed E-state index contributed by atoms with van der Waals surface area (Å²) in [4.78, 5) is 18.7. The summed E-state index contributed by atoms with van der Waals surface area (Å²) in [7, 11) is 1.59. The second-order valence-corrected chi connectivity index (χ2v) is 6.58. The molecule has 0 radical (unpaired) electrons. The SMILES string of the molecule is CCN1Cc2nc(OC)c(CN[C@H](C)Cc3ccc(F)cc3)cc2C1=O. The summed E-state index contributed by atoms with van der Waals surface area (Å²) in [5, 5.41) is 3.43. The number of methoxy groups -OCH3 is 1. The quantitative estimate of drug-likeness (QED) is 0.828. The number of aromatic nitrogens is 1. The van der Waals surface area contributed by atoms with Gasteiger partial charge < -0.3 is 15.0 Å². The lowest BCUT2D eigenvalue weighted by Gasteiger charge is -2.16. The van der Waals surface area contributed by atoms with Crippen LogP contribution in [-0.4, -0.2) is 35.5 Å². The number of amides is 1. The first kappa shape index (κ1) is 18.3. The molecule has 1 aliphatic rings. The van der Waals surface area contributed by atoms with Crippen LogP contribution in [0.4, 0.5) is 4.39 Å². The summed E-state index contributed by atoms with van der Waals surface area (Å²) in [5.74, 6) is 0.350. The topological polar surface area (TPSA) is 54.5 Å². The van der Waals surface area contributed by atoms with Gasteiger partial charge in [0.15, 0.2) is 0 Å². The Labute approximate surface area is 153 Å². The van der Waals surface area contributed by atoms with Crippen LogP contribution < -0.4 is 10.1 Å². The highest BCUT2D eigenvalue weighted by Crippen LogP contribution is 2.27. The third-order valence-corrected chi connectivity index (χ3v) is 4.67. The molecule has 0 saturated carbocycles. The van der Waals surface area contributed by atoms with Gasteiger partial charge in [-0.2, -0.15) is 0 Å². The lowest BCUT2D eigenvalue weighted by atomic mass is 10.1. The van der Waals surface area contributed by atoms with Gasteiger partial charge in [-0.3, -0.25) is 4.79 Å². The first-order chi connectivity index (χ1) is 12.5. The molecule has 2 aromatic rings. The Balaban J connectivity index is 1.68. The normalized spacial score (nSPS) is 14.5. The Morgan fingerprint density at radius 1 is 1.35 bits per heavy atom. The van der Waals surface area contributed by atoms with E-state index in [1.54, 1.807) is 24.1 Å². The van der Waals surface area contributed by atoms with E-state index >= 15 is 0 Å². The van der Waals surface area contributed by atoms with E-state index in [1.165, 1.54) is 12.1 Å². The highest BCUT2D eigenvalue weighted by Gasteiger charge is 2.29. The molecule has 5 nitrogen and oxygen atoms in total. The van der Waals surface area contributed by atoms with Crippen LogP contribution in [0.1, 0.15) is 41.0 Å². The van der Waals surface area contributed by atoms with E-state index in [-0.39, 0.29) is 17.8 Å². The maximum absolute atomic E-state index is 13.0. The second kappa shape index (κ2) is 7.83. The van der Waals surface area contributed by atoms with Crippen LogP contribution in [0.25, 0.3) is 0 Å². The molecule has 0 aliphatic carbocycles. The van der Waals surface area contributed by atoms with Crippen LogP contribution in [0.2, 0.25) is 0 Å². The standard InChI is InChI=1S/C20H24FN3O2/c1-4-24-12-18-17(20(24)25)10-15(19(23-18)26-3)11-22-13(2)9-14-5-7-16(21)8-6-14/h5-8,10,13,22H,4,9,11-12H2,1-3H3/t13-/m1/s1. The highest BCUT2D eigenvalue weighted by atomic mass is 19.1. The van der Waals surface area contributed by atoms with Crippen molar-refractivity contribution >= 4 is 5.91 Å². The van der Waals surface area contributed by atoms with Crippen molar-refractivity contribution < 1.29 is 13.9 Å². The van der Waals surface area contributed by atoms with Gasteiger partial charge in [0.2, 0.25) is 5.88 Å². The van der Waals surface area contributed by atoms with Crippen LogP contribution in [0.3, 0.4) is 0 Å². The van der Waals surface area contributed by atoms with Crippen molar-refractivity contribution in [3.05, 3.63) is 58.5 Å². The molecule has 1 N–H and O–H groups in total. The van der Waals surface area contributed by atoms with E-state index in [4.69, 9.17) is 4.74 Å². The predicted octanol–water partition coefficient (Wildman–Crippen LogP) is 2.93. The predicted molar refractivity (Wildman–Crippen MR) is 97.6 cm³/mol. The van der Waals surface area contributed by atoms with E-state index in [1.807, 2.05) is 13.0 Å². The fourth-order valence-corrected chi connectivity index (χ4v) is 3.19. The average Bonchev–Trinajstić information content (AvgIpc) is 2.96. The molecule has 1 amide bonds. The van der Waals surface area contributed by atoms with Crippen molar-refractivity contribution in [1.29, 1.82) is 0 Å². The van der Waals surface area contributed by atoms with Gasteiger partial charge in [0.1, 0.15) is 5.82 Å². The summed E-state index contributed by atoms with van der Waals surface area (Å²) in [6.45, 7) is 5.78. The van der Waals surface area contributed by atoms with Gasteiger partial charge in [-0.05, 0) is 44.0 Å². The monoisotopic (exact) mass is 357 g/mol. The molecule has 0 fully saturated rings. The Morgan fingerprint density at radius 2 is 2.08 bits per heavy atom. The first-order valence-corrected chi connectivity index (χ1v) is 8.85. The van der Waals surface area contributed by atoms with Gasteiger partial charge in [-0.15, -0.1) is 0 Å². The van der Waals surface area contributed by atoms with Crippen LogP contribution in [-0.2, 0) is 19.5 Å². The van der Waals surface area contributed by atoms with Gasteiger partial charge in [-0.25, -0.2) is 9.37 Å². The fraction of sp³-hybridized carbons (Fsp3) is 0.400. The smallest absolute Gasteiger partial charge is 0.256 e. The van der Waals surface area contributed by atoms with Crippen LogP contribution >= 0.6 is 0 Å². The molecule has 1 aromatic heterocycles. The molecule has 3 rings (SSSR count). The highest BCUT2D eigenvalue weighted by molar-refractivity contribution is 5.98. The number of carbonyl (C=O) groups is 1. The van der Waals surface area contributed by atoms with Crippen LogP contribution in [0, 0.1) is 5.82 Å². The minimum atomic E-state index is -0.228. The number of fused-ring (bicyclic) bond motifs is 1. The van der Waals surface area contributed by atoms with Crippen molar-refractivity contribution in [3.63, 3.8) is 0 Å². The number of carbonyl (C=O) groups excluding carboxylic acids is 1. The van der Waals surface area contributed by atoms with Crippen molar-refractivity contribution in [2.24, 2.45) is 0 Å². The summed E-state index contributed by atoms with van der Waals surface area (Å²) < 4.78 is 18.4. The third-order valence-electron chi connectivity index (χ3n) is 4.67. The van der Waals surface area contributed by atoms with Gasteiger partial charge in [0.05, 0.1) is 24.9 Å². The van der Waals surface area contributed by atoms with Crippen LogP contribution in [0.5, 0.6) is 5.88 Å². The van der Waals surface area contributed by atoms with Crippen molar-refractivity contribution in [1.82, 2.24) is 15.2 Å². The molecular formula is C20H24FN3O2. The van der Waals surface area contributed by atoms with Crippen molar-refractivity contribution in [2.75, 3.05) is 13.7 Å². The van der Waals surface area contributed by atoms with E-state index < -0.39 is 0 Å². The van der Waals surface area contributed by atoms with Gasteiger partial charge >= 0.3 is 0 Å². The Kier molecular flexibility index (Phi) is 5.52. The maximum Gasteiger partial charge on any atom is 0.256 e. The van der Waals surface area contributed by atoms with Gasteiger partial charge in [0.25, 0.3) is 5.91 Å². The fourth-order valence-electron chi connectivity index (χ4n) is 3.19. The largest absolute Gasteiger partial charge is 0.481 e. The van der Waals surface area contributed by atoms with Gasteiger partial charge in [-0.1, -0.05) is 12.1 Å². The second-order valence-electron chi connectivity index (χ2n) is 6.58. The summed E-state index contributed by atoms with van der Waals surface area (Å²) >= 11 is 0. The molecule has 1 aromatic carbocycles. The van der Waals surface area contributed by atoms with Crippen LogP contribution in [0.15, 0.2) is 30.3 Å². The third kappa shape index (κ3) is 3.85. The lowest BCUT2D eigenvalue weighted by molar-refractivity contribution is 0.0786. The maximum atomic E-state index is 13.0. The molecule has 2 heterocycles. The number of ether oxygens (including phenoxy) is 1. The molecule has 26 heavy (non-hydrogen) atoms. The molecule has 6 heteroatoms. The zero-order chi connectivity index (χ0) is 18.7. The minimum Gasteiger partial charge on any atom is -0.481 e. The van der Waals surface area contributed by atoms with E-state index in [0.717, 1.165) is 23.2 Å². The van der Waals surface area contributed by atoms with E-state index in [2.05, 4.69) is 17.2 Å². The summed E-state index contributed by atoms with van der Waals surface area (Å²) in [6.07, 6.45) is 0.781. The minimum absolute atomic E-state index is 0.0262. The van der Waals surface area contributed by atoms with E-state index in [9.17, 15) is 9.18 Å². The Morgan fingerprint density at radius 3 is 2.73 bits per heavy atom. The molecular weight excluding hydrogens is 333 g/mol. The zero-order valence-corrected chi connectivity index (χ0v) is 15.4. The number of hydrogen-bond donors (Lipinski definition) is 1. The number of halogens is 1. The van der Waals surface area contributed by atoms with Gasteiger partial charge in [0, 0.05) is 24.7 Å². The summed E-state index contributed by atoms with van der Waals surface area (Å²) in [5.41, 5.74) is 3.37. The van der Waals surface area contributed by atoms with Crippen molar-refractivity contribution in [2.45, 2.75) is 39.4 Å². The number of nitrogens with one attached hydrogen (secondary N) is 1. The number of pyridine rings is 1. The Hall–Kier alpha value is -2.47. The molecule has 0 unspecified atom stereocenters.